The summed E-state index contributed by atoms with van der Waals surface area (Å²) in [4.78, 5) is 13.1. The molecule has 72 valence electrons. The fourth-order valence-corrected chi connectivity index (χ4v) is 2.13. The summed E-state index contributed by atoms with van der Waals surface area (Å²) in [5.41, 5.74) is -1.25. The fraction of sp³-hybridized carbons (Fsp3) is 0.200. The van der Waals surface area contributed by atoms with E-state index >= 15 is 0 Å². The van der Waals surface area contributed by atoms with Crippen LogP contribution in [0.3, 0.4) is 0 Å². The summed E-state index contributed by atoms with van der Waals surface area (Å²) < 4.78 is 36.4. The fourth-order valence-electron chi connectivity index (χ4n) is 0.619. The largest absolute Gasteiger partial charge is 0.435 e. The van der Waals surface area contributed by atoms with Crippen LogP contribution in [0, 0.1) is 0 Å². The Morgan fingerprint density at radius 2 is 2.08 bits per heavy atom. The van der Waals surface area contributed by atoms with Gasteiger partial charge in [-0.05, 0) is 27.5 Å². The van der Waals surface area contributed by atoms with Gasteiger partial charge in [0.1, 0.15) is 4.88 Å². The van der Waals surface area contributed by atoms with Gasteiger partial charge in [0, 0.05) is 0 Å². The summed E-state index contributed by atoms with van der Waals surface area (Å²) in [6.07, 6.45) is -4.65. The molecule has 0 bridgehead atoms. The van der Waals surface area contributed by atoms with E-state index in [4.69, 9.17) is 11.6 Å². The van der Waals surface area contributed by atoms with Crippen molar-refractivity contribution in [3.8, 4) is 0 Å². The first-order valence-electron chi connectivity index (χ1n) is 2.75. The normalized spacial score (nSPS) is 11.8. The van der Waals surface area contributed by atoms with E-state index in [2.05, 4.69) is 20.9 Å². The first kappa shape index (κ1) is 10.9. The Morgan fingerprint density at radius 3 is 2.38 bits per heavy atom. The molecule has 2 nitrogen and oxygen atoms in total. The number of carbonyl (C=O) groups is 1. The lowest BCUT2D eigenvalue weighted by Gasteiger charge is -2.02. The van der Waals surface area contributed by atoms with Crippen LogP contribution >= 0.6 is 38.9 Å². The van der Waals surface area contributed by atoms with Crippen LogP contribution in [0.15, 0.2) is 3.92 Å². The van der Waals surface area contributed by atoms with Crippen molar-refractivity contribution >= 4 is 44.1 Å². The van der Waals surface area contributed by atoms with Crippen LogP contribution in [0.5, 0.6) is 0 Å². The molecule has 0 aliphatic heterocycles. The van der Waals surface area contributed by atoms with E-state index in [9.17, 15) is 18.0 Å². The van der Waals surface area contributed by atoms with Gasteiger partial charge in [-0.25, -0.2) is 4.98 Å². The first-order chi connectivity index (χ1) is 5.82. The minimum atomic E-state index is -4.65. The van der Waals surface area contributed by atoms with Gasteiger partial charge in [0.25, 0.3) is 5.24 Å². The van der Waals surface area contributed by atoms with E-state index in [-0.39, 0.29) is 3.92 Å². The molecule has 0 spiro atoms. The molecule has 0 fully saturated rings. The Kier molecular flexibility index (Phi) is 2.98. The topological polar surface area (TPSA) is 30.0 Å². The van der Waals surface area contributed by atoms with Gasteiger partial charge in [0.2, 0.25) is 0 Å². The lowest BCUT2D eigenvalue weighted by Crippen LogP contribution is -2.09. The molecule has 1 aromatic rings. The van der Waals surface area contributed by atoms with Gasteiger partial charge in [-0.3, -0.25) is 4.79 Å². The number of carbonyl (C=O) groups excluding carboxylic acids is 1. The highest BCUT2D eigenvalue weighted by Crippen LogP contribution is 2.36. The summed E-state index contributed by atoms with van der Waals surface area (Å²) >= 11 is 8.23. The molecule has 0 amide bonds. The quantitative estimate of drug-likeness (QED) is 0.744. The van der Waals surface area contributed by atoms with Crippen LogP contribution in [0.25, 0.3) is 0 Å². The van der Waals surface area contributed by atoms with Gasteiger partial charge >= 0.3 is 6.18 Å². The molecule has 0 aliphatic rings. The second-order valence-corrected chi connectivity index (χ2v) is 4.53. The van der Waals surface area contributed by atoms with E-state index < -0.39 is 22.0 Å². The second kappa shape index (κ2) is 3.55. The third-order valence-corrected chi connectivity index (χ3v) is 2.85. The van der Waals surface area contributed by atoms with Crippen molar-refractivity contribution in [1.29, 1.82) is 0 Å². The molecular weight excluding hydrogens is 294 g/mol. The highest BCUT2D eigenvalue weighted by atomic mass is 79.9. The Labute approximate surface area is 87.9 Å². The van der Waals surface area contributed by atoms with Crippen molar-refractivity contribution in [2.75, 3.05) is 0 Å². The van der Waals surface area contributed by atoms with Crippen molar-refractivity contribution in [2.24, 2.45) is 0 Å². The second-order valence-electron chi connectivity index (χ2n) is 1.92. The molecule has 0 saturated carbocycles. The SMILES string of the molecule is O=C(Cl)c1sc(Br)nc1C(F)(F)F. The van der Waals surface area contributed by atoms with Crippen molar-refractivity contribution < 1.29 is 18.0 Å². The molecule has 1 aromatic heterocycles. The average molecular weight is 294 g/mol. The summed E-state index contributed by atoms with van der Waals surface area (Å²) in [7, 11) is 0. The molecule has 0 unspecified atom stereocenters. The Bertz CT molecular complexity index is 350. The summed E-state index contributed by atoms with van der Waals surface area (Å²) in [6.45, 7) is 0. The van der Waals surface area contributed by atoms with Gasteiger partial charge in [0.05, 0.1) is 0 Å². The van der Waals surface area contributed by atoms with Crippen LogP contribution in [-0.2, 0) is 6.18 Å². The van der Waals surface area contributed by atoms with Crippen molar-refractivity contribution in [3.63, 3.8) is 0 Å². The summed E-state index contributed by atoms with van der Waals surface area (Å²) in [5, 5.41) is -1.16. The lowest BCUT2D eigenvalue weighted by atomic mass is 10.4. The number of halogens is 5. The molecular formula is C5BrClF3NOS. The van der Waals surface area contributed by atoms with Crippen LogP contribution in [0.2, 0.25) is 0 Å². The van der Waals surface area contributed by atoms with Crippen LogP contribution < -0.4 is 0 Å². The molecule has 1 heterocycles. The zero-order valence-electron chi connectivity index (χ0n) is 5.65. The third-order valence-electron chi connectivity index (χ3n) is 1.05. The molecule has 0 radical (unpaired) electrons. The van der Waals surface area contributed by atoms with Gasteiger partial charge in [-0.1, -0.05) is 0 Å². The first-order valence-corrected chi connectivity index (χ1v) is 4.74. The molecule has 1 rings (SSSR count). The maximum atomic E-state index is 12.1. The number of thiazole rings is 1. The predicted molar refractivity (Wildman–Crippen MR) is 45.0 cm³/mol. The van der Waals surface area contributed by atoms with Gasteiger partial charge in [-0.15, -0.1) is 11.3 Å². The van der Waals surface area contributed by atoms with Gasteiger partial charge < -0.3 is 0 Å². The number of alkyl halides is 3. The van der Waals surface area contributed by atoms with Gasteiger partial charge in [-0.2, -0.15) is 13.2 Å². The van der Waals surface area contributed by atoms with E-state index in [0.717, 1.165) is 0 Å². The summed E-state index contributed by atoms with van der Waals surface area (Å²) in [5.74, 6) is 0. The van der Waals surface area contributed by atoms with E-state index in [1.54, 1.807) is 0 Å². The monoisotopic (exact) mass is 293 g/mol. The van der Waals surface area contributed by atoms with Crippen LogP contribution in [0.1, 0.15) is 15.4 Å². The average Bonchev–Trinajstić information content (AvgIpc) is 2.29. The maximum absolute atomic E-state index is 12.1. The summed E-state index contributed by atoms with van der Waals surface area (Å²) in [6, 6.07) is 0. The van der Waals surface area contributed by atoms with Crippen LogP contribution in [0.4, 0.5) is 13.2 Å². The molecule has 8 heteroatoms. The molecule has 0 aliphatic carbocycles. The number of hydrogen-bond donors (Lipinski definition) is 0. The molecule has 0 aromatic carbocycles. The lowest BCUT2D eigenvalue weighted by molar-refractivity contribution is -0.141. The minimum Gasteiger partial charge on any atom is -0.275 e. The number of hydrogen-bond acceptors (Lipinski definition) is 3. The molecule has 0 N–H and O–H groups in total. The van der Waals surface area contributed by atoms with Crippen molar-refractivity contribution in [3.05, 3.63) is 14.5 Å². The van der Waals surface area contributed by atoms with E-state index in [0.29, 0.717) is 11.3 Å². The minimum absolute atomic E-state index is 0.0242. The van der Waals surface area contributed by atoms with E-state index in [1.807, 2.05) is 0 Å². The Balaban J connectivity index is 3.28. The smallest absolute Gasteiger partial charge is 0.275 e. The molecule has 13 heavy (non-hydrogen) atoms. The van der Waals surface area contributed by atoms with Crippen LogP contribution in [-0.4, -0.2) is 10.2 Å². The number of nitrogens with zero attached hydrogens (tertiary/aromatic N) is 1. The zero-order chi connectivity index (χ0) is 10.2. The van der Waals surface area contributed by atoms with Crippen molar-refractivity contribution in [2.45, 2.75) is 6.18 Å². The van der Waals surface area contributed by atoms with Gasteiger partial charge in [0.15, 0.2) is 9.61 Å². The molecule has 0 atom stereocenters. The predicted octanol–water partition coefficient (Wildman–Crippen LogP) is 3.30. The number of aromatic nitrogens is 1. The molecule has 0 saturated heterocycles. The standard InChI is InChI=1S/C5BrClF3NOS/c6-4-11-2(5(8,9)10)1(13-4)3(7)12. The third kappa shape index (κ3) is 2.41. The Hall–Kier alpha value is -0.140. The maximum Gasteiger partial charge on any atom is 0.435 e. The number of rotatable bonds is 1. The van der Waals surface area contributed by atoms with E-state index in [1.165, 1.54) is 0 Å². The van der Waals surface area contributed by atoms with Crippen molar-refractivity contribution in [1.82, 2.24) is 4.98 Å². The zero-order valence-corrected chi connectivity index (χ0v) is 8.81. The highest BCUT2D eigenvalue weighted by molar-refractivity contribution is 9.11. The Morgan fingerprint density at radius 1 is 1.54 bits per heavy atom. The highest BCUT2D eigenvalue weighted by Gasteiger charge is 2.38.